The van der Waals surface area contributed by atoms with Crippen molar-refractivity contribution >= 4 is 15.9 Å². The fourth-order valence-electron chi connectivity index (χ4n) is 8.43. The van der Waals surface area contributed by atoms with Gasteiger partial charge in [-0.2, -0.15) is 10.5 Å². The molecule has 2 bridgehead atoms. The summed E-state index contributed by atoms with van der Waals surface area (Å²) in [5.41, 5.74) is 6.04. The molecule has 0 saturated heterocycles. The summed E-state index contributed by atoms with van der Waals surface area (Å²) in [6.07, 6.45) is 5.49. The van der Waals surface area contributed by atoms with Crippen LogP contribution in [0.5, 0.6) is 0 Å². The predicted octanol–water partition coefficient (Wildman–Crippen LogP) is 9.80. The second kappa shape index (κ2) is 11.9. The SMILES string of the molecule is CC1CC2CC(C)(c3ccc(-c4nc(-c5ccccc5)nc(-c5ccccc5)n4)c(C#N)c3)CC(c3ccc(Br)c(C#N)c3)(C1)C2. The Kier molecular flexibility index (Phi) is 7.79. The van der Waals surface area contributed by atoms with E-state index in [0.717, 1.165) is 41.3 Å². The number of rotatable bonds is 5. The van der Waals surface area contributed by atoms with Gasteiger partial charge in [-0.25, -0.2) is 15.0 Å². The van der Waals surface area contributed by atoms with Crippen molar-refractivity contribution in [3.63, 3.8) is 0 Å². The van der Waals surface area contributed by atoms with Crippen LogP contribution in [0.25, 0.3) is 34.2 Å². The van der Waals surface area contributed by atoms with E-state index in [9.17, 15) is 10.5 Å². The third kappa shape index (κ3) is 5.52. The first-order valence-electron chi connectivity index (χ1n) is 15.9. The van der Waals surface area contributed by atoms with Gasteiger partial charge in [-0.05, 0) is 106 Å². The molecular formula is C40H34BrN5. The van der Waals surface area contributed by atoms with Crippen LogP contribution in [-0.2, 0) is 10.8 Å². The lowest BCUT2D eigenvalue weighted by molar-refractivity contribution is 0.0592. The molecule has 2 aliphatic carbocycles. The zero-order valence-electron chi connectivity index (χ0n) is 26.0. The quantitative estimate of drug-likeness (QED) is 0.187. The highest BCUT2D eigenvalue weighted by Gasteiger charge is 2.51. The maximum Gasteiger partial charge on any atom is 0.165 e. The highest BCUT2D eigenvalue weighted by atomic mass is 79.9. The Labute approximate surface area is 279 Å². The summed E-state index contributed by atoms with van der Waals surface area (Å²) in [6, 6.07) is 37.3. The summed E-state index contributed by atoms with van der Waals surface area (Å²) >= 11 is 3.56. The number of fused-ring (bicyclic) bond motifs is 2. The minimum absolute atomic E-state index is 0.0174. The molecule has 0 amide bonds. The Balaban J connectivity index is 1.31. The number of halogens is 1. The summed E-state index contributed by atoms with van der Waals surface area (Å²) in [5, 5.41) is 20.3. The van der Waals surface area contributed by atoms with Gasteiger partial charge in [0.05, 0.1) is 17.2 Å². The maximum absolute atomic E-state index is 10.5. The Morgan fingerprint density at radius 2 is 1.28 bits per heavy atom. The summed E-state index contributed by atoms with van der Waals surface area (Å²) in [6.45, 7) is 4.74. The average molecular weight is 665 g/mol. The van der Waals surface area contributed by atoms with Crippen LogP contribution >= 0.6 is 15.9 Å². The predicted molar refractivity (Wildman–Crippen MR) is 184 cm³/mol. The van der Waals surface area contributed by atoms with E-state index in [0.29, 0.717) is 46.0 Å². The fourth-order valence-corrected chi connectivity index (χ4v) is 8.76. The molecule has 0 spiro atoms. The van der Waals surface area contributed by atoms with Crippen LogP contribution < -0.4 is 0 Å². The highest BCUT2D eigenvalue weighted by molar-refractivity contribution is 9.10. The molecule has 4 unspecified atom stereocenters. The van der Waals surface area contributed by atoms with Gasteiger partial charge in [0.1, 0.15) is 6.07 Å². The molecule has 2 fully saturated rings. The third-order valence-corrected chi connectivity index (χ3v) is 10.8. The zero-order chi connectivity index (χ0) is 31.9. The molecule has 5 aromatic rings. The van der Waals surface area contributed by atoms with Crippen molar-refractivity contribution in [3.05, 3.63) is 124 Å². The van der Waals surface area contributed by atoms with Crippen molar-refractivity contribution in [2.24, 2.45) is 11.8 Å². The molecule has 0 N–H and O–H groups in total. The minimum atomic E-state index is -0.128. The van der Waals surface area contributed by atoms with Crippen LogP contribution in [0.4, 0.5) is 0 Å². The molecule has 2 aliphatic rings. The lowest BCUT2D eigenvalue weighted by Gasteiger charge is -2.55. The van der Waals surface area contributed by atoms with Gasteiger partial charge in [-0.1, -0.05) is 86.6 Å². The summed E-state index contributed by atoms with van der Waals surface area (Å²) in [7, 11) is 0. The Bertz CT molecular complexity index is 1950. The van der Waals surface area contributed by atoms with Gasteiger partial charge in [-0.3, -0.25) is 0 Å². The molecule has 0 radical (unpaired) electrons. The van der Waals surface area contributed by atoms with E-state index in [1.54, 1.807) is 0 Å². The van der Waals surface area contributed by atoms with Gasteiger partial charge < -0.3 is 0 Å². The zero-order valence-corrected chi connectivity index (χ0v) is 27.6. The van der Waals surface area contributed by atoms with Crippen molar-refractivity contribution in [2.75, 3.05) is 0 Å². The van der Waals surface area contributed by atoms with Crippen LogP contribution in [0, 0.1) is 34.5 Å². The molecular weight excluding hydrogens is 630 g/mol. The lowest BCUT2D eigenvalue weighted by Crippen LogP contribution is -2.48. The van der Waals surface area contributed by atoms with Gasteiger partial charge in [0.2, 0.25) is 0 Å². The number of aromatic nitrogens is 3. The van der Waals surface area contributed by atoms with Gasteiger partial charge in [0.15, 0.2) is 17.5 Å². The van der Waals surface area contributed by atoms with E-state index in [4.69, 9.17) is 15.0 Å². The van der Waals surface area contributed by atoms with Crippen molar-refractivity contribution in [1.82, 2.24) is 15.0 Å². The molecule has 5 nitrogen and oxygen atoms in total. The lowest BCUT2D eigenvalue weighted by atomic mass is 9.49. The van der Waals surface area contributed by atoms with Gasteiger partial charge in [0.25, 0.3) is 0 Å². The maximum atomic E-state index is 10.5. The standard InChI is InChI=1S/C40H34BrN5/c1-26-17-27-21-39(2,25-40(20-26,22-27)33-14-16-35(41)31(19-33)24-43)32-13-15-34(30(18-32)23-42)38-45-36(28-9-5-3-6-10-28)44-37(46-38)29-11-7-4-8-12-29/h3-16,18-19,26-27H,17,20-22,25H2,1-2H3. The monoisotopic (exact) mass is 663 g/mol. The van der Waals surface area contributed by atoms with E-state index < -0.39 is 0 Å². The summed E-state index contributed by atoms with van der Waals surface area (Å²) in [5.74, 6) is 2.84. The number of nitrogens with zero attached hydrogens (tertiary/aromatic N) is 5. The molecule has 1 heterocycles. The fraction of sp³-hybridized carbons (Fsp3) is 0.275. The Morgan fingerprint density at radius 1 is 0.696 bits per heavy atom. The first kappa shape index (κ1) is 30.0. The number of benzene rings is 4. The molecule has 0 aliphatic heterocycles. The molecule has 6 heteroatoms. The van der Waals surface area contributed by atoms with Gasteiger partial charge >= 0.3 is 0 Å². The Morgan fingerprint density at radius 3 is 1.91 bits per heavy atom. The third-order valence-electron chi connectivity index (χ3n) is 10.1. The molecule has 1 aromatic heterocycles. The van der Waals surface area contributed by atoms with Crippen molar-refractivity contribution in [3.8, 4) is 46.3 Å². The van der Waals surface area contributed by atoms with Crippen LogP contribution in [-0.4, -0.2) is 15.0 Å². The van der Waals surface area contributed by atoms with Crippen molar-refractivity contribution in [2.45, 2.75) is 56.8 Å². The van der Waals surface area contributed by atoms with Crippen molar-refractivity contribution in [1.29, 1.82) is 10.5 Å². The molecule has 4 atom stereocenters. The minimum Gasteiger partial charge on any atom is -0.208 e. The first-order chi connectivity index (χ1) is 22.3. The molecule has 2 saturated carbocycles. The highest BCUT2D eigenvalue weighted by Crippen LogP contribution is 2.59. The van der Waals surface area contributed by atoms with Crippen LogP contribution in [0.1, 0.15) is 68.2 Å². The van der Waals surface area contributed by atoms with E-state index in [1.165, 1.54) is 17.5 Å². The number of hydrogen-bond acceptors (Lipinski definition) is 5. The van der Waals surface area contributed by atoms with E-state index >= 15 is 0 Å². The normalized spacial score (nSPS) is 23.7. The van der Waals surface area contributed by atoms with Crippen LogP contribution in [0.3, 0.4) is 0 Å². The Hall–Kier alpha value is -4.65. The summed E-state index contributed by atoms with van der Waals surface area (Å²) in [4.78, 5) is 14.6. The van der Waals surface area contributed by atoms with E-state index in [1.807, 2.05) is 72.8 Å². The smallest absolute Gasteiger partial charge is 0.165 e. The molecule has 7 rings (SSSR count). The first-order valence-corrected chi connectivity index (χ1v) is 16.7. The number of nitriles is 2. The average Bonchev–Trinajstić information content (AvgIpc) is 3.08. The van der Waals surface area contributed by atoms with Gasteiger partial charge in [-0.15, -0.1) is 0 Å². The van der Waals surface area contributed by atoms with E-state index in [-0.39, 0.29) is 10.8 Å². The molecule has 46 heavy (non-hydrogen) atoms. The number of hydrogen-bond donors (Lipinski definition) is 0. The topological polar surface area (TPSA) is 86.2 Å². The summed E-state index contributed by atoms with van der Waals surface area (Å²) < 4.78 is 0.840. The second-order valence-electron chi connectivity index (χ2n) is 13.6. The second-order valence-corrected chi connectivity index (χ2v) is 14.4. The van der Waals surface area contributed by atoms with Gasteiger partial charge in [0, 0.05) is 21.2 Å². The van der Waals surface area contributed by atoms with Crippen LogP contribution in [0.2, 0.25) is 0 Å². The van der Waals surface area contributed by atoms with E-state index in [2.05, 4.69) is 66.2 Å². The largest absolute Gasteiger partial charge is 0.208 e. The molecule has 4 aromatic carbocycles. The van der Waals surface area contributed by atoms with Crippen LogP contribution in [0.15, 0.2) is 102 Å². The van der Waals surface area contributed by atoms with Crippen molar-refractivity contribution < 1.29 is 0 Å². The molecule has 226 valence electrons.